The first kappa shape index (κ1) is 18.1. The van der Waals surface area contributed by atoms with Crippen LogP contribution in [0.15, 0.2) is 45.6 Å². The fourth-order valence-electron chi connectivity index (χ4n) is 2.91. The topological polar surface area (TPSA) is 98.1 Å². The van der Waals surface area contributed by atoms with Crippen molar-refractivity contribution in [3.8, 4) is 11.8 Å². The van der Waals surface area contributed by atoms with Gasteiger partial charge in [-0.15, -0.1) is 0 Å². The molecular formula is C20H17N3O4. The molecule has 0 amide bonds. The van der Waals surface area contributed by atoms with Crippen LogP contribution >= 0.6 is 0 Å². The van der Waals surface area contributed by atoms with Gasteiger partial charge in [0.05, 0.1) is 17.1 Å². The highest BCUT2D eigenvalue weighted by Crippen LogP contribution is 2.20. The van der Waals surface area contributed by atoms with Gasteiger partial charge in [-0.25, -0.2) is 14.3 Å². The van der Waals surface area contributed by atoms with Gasteiger partial charge in [0.2, 0.25) is 0 Å². The summed E-state index contributed by atoms with van der Waals surface area (Å²) >= 11 is 0. The number of ether oxygens (including phenoxy) is 1. The normalized spacial score (nSPS) is 10.4. The maximum absolute atomic E-state index is 12.5. The van der Waals surface area contributed by atoms with E-state index in [9.17, 15) is 14.9 Å². The average molecular weight is 363 g/mol. The minimum absolute atomic E-state index is 0.143. The Kier molecular flexibility index (Phi) is 4.90. The molecule has 0 N–H and O–H groups in total. The maximum Gasteiger partial charge on any atom is 0.342 e. The van der Waals surface area contributed by atoms with Gasteiger partial charge in [0, 0.05) is 6.07 Å². The molecule has 1 aromatic carbocycles. The van der Waals surface area contributed by atoms with Gasteiger partial charge < -0.3 is 9.15 Å². The molecule has 2 aromatic heterocycles. The predicted octanol–water partition coefficient (Wildman–Crippen LogP) is 2.98. The van der Waals surface area contributed by atoms with Gasteiger partial charge in [0.15, 0.2) is 0 Å². The van der Waals surface area contributed by atoms with Crippen LogP contribution in [0.4, 0.5) is 0 Å². The molecule has 0 aliphatic heterocycles. The lowest BCUT2D eigenvalue weighted by Crippen LogP contribution is -2.14. The van der Waals surface area contributed by atoms with Gasteiger partial charge in [0.1, 0.15) is 29.6 Å². The van der Waals surface area contributed by atoms with Crippen LogP contribution in [-0.4, -0.2) is 15.7 Å². The molecule has 0 aliphatic rings. The van der Waals surface area contributed by atoms with Crippen molar-refractivity contribution in [3.63, 3.8) is 0 Å². The highest BCUT2D eigenvalue weighted by molar-refractivity contribution is 5.91. The number of benzene rings is 1. The number of esters is 1. The number of hydrogen-bond acceptors (Lipinski definition) is 6. The lowest BCUT2D eigenvalue weighted by atomic mass is 10.1. The summed E-state index contributed by atoms with van der Waals surface area (Å²) in [6.07, 6.45) is 0. The summed E-state index contributed by atoms with van der Waals surface area (Å²) in [6, 6.07) is 12.6. The Morgan fingerprint density at radius 2 is 1.96 bits per heavy atom. The zero-order chi connectivity index (χ0) is 19.6. The number of rotatable bonds is 4. The molecule has 0 unspecified atom stereocenters. The number of aryl methyl sites for hydroxylation is 3. The average Bonchev–Trinajstić information content (AvgIpc) is 2.95. The van der Waals surface area contributed by atoms with Crippen LogP contribution < -0.4 is 5.63 Å². The number of carbonyl (C=O) groups is 1. The van der Waals surface area contributed by atoms with E-state index in [0.717, 1.165) is 5.69 Å². The second-order valence-corrected chi connectivity index (χ2v) is 6.02. The predicted molar refractivity (Wildman–Crippen MR) is 96.6 cm³/mol. The smallest absolute Gasteiger partial charge is 0.342 e. The Morgan fingerprint density at radius 1 is 1.26 bits per heavy atom. The molecule has 0 atom stereocenters. The van der Waals surface area contributed by atoms with Crippen molar-refractivity contribution >= 4 is 5.97 Å². The third-order valence-corrected chi connectivity index (χ3v) is 4.15. The van der Waals surface area contributed by atoms with Crippen LogP contribution in [0.5, 0.6) is 0 Å². The van der Waals surface area contributed by atoms with Crippen molar-refractivity contribution in [2.75, 3.05) is 0 Å². The fourth-order valence-corrected chi connectivity index (χ4v) is 2.91. The Morgan fingerprint density at radius 3 is 2.59 bits per heavy atom. The SMILES string of the molecule is Cc1cc(=O)oc(C)c1C(=O)OCc1c(C#N)c(C)nn1-c1ccccc1. The molecule has 3 rings (SSSR count). The summed E-state index contributed by atoms with van der Waals surface area (Å²) in [5.74, 6) is -0.436. The first-order chi connectivity index (χ1) is 12.9. The van der Waals surface area contributed by atoms with Crippen LogP contribution in [0, 0.1) is 32.1 Å². The molecule has 0 bridgehead atoms. The first-order valence-electron chi connectivity index (χ1n) is 8.25. The number of nitriles is 1. The number of hydrogen-bond donors (Lipinski definition) is 0. The maximum atomic E-state index is 12.5. The third-order valence-electron chi connectivity index (χ3n) is 4.15. The van der Waals surface area contributed by atoms with Crippen LogP contribution in [0.1, 0.15) is 38.6 Å². The molecule has 27 heavy (non-hydrogen) atoms. The lowest BCUT2D eigenvalue weighted by Gasteiger charge is -2.10. The molecule has 0 saturated carbocycles. The van der Waals surface area contributed by atoms with E-state index in [1.807, 2.05) is 30.3 Å². The minimum atomic E-state index is -0.629. The zero-order valence-corrected chi connectivity index (χ0v) is 15.1. The summed E-state index contributed by atoms with van der Waals surface area (Å²) in [7, 11) is 0. The monoisotopic (exact) mass is 363 g/mol. The molecular weight excluding hydrogens is 346 g/mol. The number of carbonyl (C=O) groups excluding carboxylic acids is 1. The van der Waals surface area contributed by atoms with E-state index in [0.29, 0.717) is 22.5 Å². The quantitative estimate of drug-likeness (QED) is 0.661. The fraction of sp³-hybridized carbons (Fsp3) is 0.200. The molecule has 3 aromatic rings. The highest BCUT2D eigenvalue weighted by Gasteiger charge is 2.21. The van der Waals surface area contributed by atoms with Crippen LogP contribution in [0.3, 0.4) is 0 Å². The second kappa shape index (κ2) is 7.30. The van der Waals surface area contributed by atoms with E-state index in [2.05, 4.69) is 11.2 Å². The largest absolute Gasteiger partial charge is 0.455 e. The molecule has 7 heteroatoms. The Labute approximate surface area is 155 Å². The van der Waals surface area contributed by atoms with Gasteiger partial charge in [-0.1, -0.05) is 18.2 Å². The van der Waals surface area contributed by atoms with Crippen molar-refractivity contribution in [1.29, 1.82) is 5.26 Å². The zero-order valence-electron chi connectivity index (χ0n) is 15.1. The standard InChI is InChI=1S/C20H17N3O4/c1-12-9-18(24)27-14(3)19(12)20(25)26-11-17-16(10-21)13(2)22-23(17)15-7-5-4-6-8-15/h4-9H,11H2,1-3H3. The number of aromatic nitrogens is 2. The van der Waals surface area contributed by atoms with Gasteiger partial charge in [-0.3, -0.25) is 0 Å². The molecule has 136 valence electrons. The van der Waals surface area contributed by atoms with E-state index >= 15 is 0 Å². The summed E-state index contributed by atoms with van der Waals surface area (Å²) in [6.45, 7) is 4.75. The summed E-state index contributed by atoms with van der Waals surface area (Å²) in [5.41, 5.74) is 2.29. The van der Waals surface area contributed by atoms with Crippen molar-refractivity contribution < 1.29 is 13.9 Å². The highest BCUT2D eigenvalue weighted by atomic mass is 16.5. The molecule has 7 nitrogen and oxygen atoms in total. The Bertz CT molecular complexity index is 1080. The van der Waals surface area contributed by atoms with Crippen molar-refractivity contribution in [1.82, 2.24) is 9.78 Å². The molecule has 2 heterocycles. The summed E-state index contributed by atoms with van der Waals surface area (Å²) in [5, 5.41) is 13.9. The molecule has 0 radical (unpaired) electrons. The van der Waals surface area contributed by atoms with E-state index in [4.69, 9.17) is 9.15 Å². The minimum Gasteiger partial charge on any atom is -0.455 e. The number of para-hydroxylation sites is 1. The van der Waals surface area contributed by atoms with Crippen LogP contribution in [0.25, 0.3) is 5.69 Å². The Hall–Kier alpha value is -3.66. The summed E-state index contributed by atoms with van der Waals surface area (Å²) < 4.78 is 12.0. The van der Waals surface area contributed by atoms with Crippen molar-refractivity contribution in [2.45, 2.75) is 27.4 Å². The molecule has 0 saturated heterocycles. The van der Waals surface area contributed by atoms with Gasteiger partial charge in [0.25, 0.3) is 0 Å². The molecule has 0 aliphatic carbocycles. The van der Waals surface area contributed by atoms with Crippen molar-refractivity contribution in [3.05, 3.63) is 80.7 Å². The molecule has 0 spiro atoms. The lowest BCUT2D eigenvalue weighted by molar-refractivity contribution is 0.0459. The van der Waals surface area contributed by atoms with E-state index in [1.165, 1.54) is 13.0 Å². The van der Waals surface area contributed by atoms with Gasteiger partial charge in [-0.05, 0) is 38.5 Å². The van der Waals surface area contributed by atoms with Gasteiger partial charge >= 0.3 is 11.6 Å². The first-order valence-corrected chi connectivity index (χ1v) is 8.25. The van der Waals surface area contributed by atoms with Crippen molar-refractivity contribution in [2.24, 2.45) is 0 Å². The summed E-state index contributed by atoms with van der Waals surface area (Å²) in [4.78, 5) is 23.9. The third kappa shape index (κ3) is 3.51. The van der Waals surface area contributed by atoms with E-state index in [-0.39, 0.29) is 17.9 Å². The van der Waals surface area contributed by atoms with E-state index in [1.54, 1.807) is 18.5 Å². The second-order valence-electron chi connectivity index (χ2n) is 6.02. The Balaban J connectivity index is 1.94. The van der Waals surface area contributed by atoms with Crippen LogP contribution in [-0.2, 0) is 11.3 Å². The van der Waals surface area contributed by atoms with Gasteiger partial charge in [-0.2, -0.15) is 10.4 Å². The number of nitrogens with zero attached hydrogens (tertiary/aromatic N) is 3. The van der Waals surface area contributed by atoms with E-state index < -0.39 is 11.6 Å². The molecule has 0 fully saturated rings. The van der Waals surface area contributed by atoms with Crippen LogP contribution in [0.2, 0.25) is 0 Å².